The molecule has 3 aliphatic heterocycles. The number of nitrogens with zero attached hydrogens (tertiary/aromatic N) is 4. The SMILES string of the molecule is CC1CC(Cn2cc3c(=O)n(-c4ccccc4F)nc-3c3ccccc32)CCN1C(N)=O. The summed E-state index contributed by atoms with van der Waals surface area (Å²) in [5.74, 6) is -0.159. The first-order valence-electron chi connectivity index (χ1n) is 10.8. The Labute approximate surface area is 184 Å². The lowest BCUT2D eigenvalue weighted by atomic mass is 9.91. The van der Waals surface area contributed by atoms with Crippen LogP contribution < -0.4 is 11.3 Å². The molecule has 3 aliphatic rings. The lowest BCUT2D eigenvalue weighted by Gasteiger charge is -2.37. The minimum absolute atomic E-state index is 0.0701. The molecular weight excluding hydrogens is 409 g/mol. The molecule has 32 heavy (non-hydrogen) atoms. The van der Waals surface area contributed by atoms with Gasteiger partial charge in [0.2, 0.25) is 0 Å². The number of pyridine rings is 1. The number of rotatable bonds is 3. The second-order valence-corrected chi connectivity index (χ2v) is 8.50. The van der Waals surface area contributed by atoms with E-state index in [2.05, 4.69) is 9.67 Å². The highest BCUT2D eigenvalue weighted by Crippen LogP contribution is 2.31. The third-order valence-corrected chi connectivity index (χ3v) is 6.43. The van der Waals surface area contributed by atoms with Crippen molar-refractivity contribution in [3.63, 3.8) is 0 Å². The Hall–Kier alpha value is -3.68. The number of nitrogens with two attached hydrogens (primary N) is 1. The number of carbonyl (C=O) groups excluding carboxylic acids is 1. The van der Waals surface area contributed by atoms with Gasteiger partial charge in [-0.05, 0) is 43.9 Å². The number of carbonyl (C=O) groups is 1. The Kier molecular flexibility index (Phi) is 4.92. The first kappa shape index (κ1) is 20.2. The lowest BCUT2D eigenvalue weighted by Crippen LogP contribution is -2.47. The van der Waals surface area contributed by atoms with E-state index in [9.17, 15) is 14.0 Å². The van der Waals surface area contributed by atoms with Crippen LogP contribution in [-0.4, -0.2) is 37.9 Å². The van der Waals surface area contributed by atoms with Gasteiger partial charge < -0.3 is 15.2 Å². The summed E-state index contributed by atoms with van der Waals surface area (Å²) >= 11 is 0. The summed E-state index contributed by atoms with van der Waals surface area (Å²) in [4.78, 5) is 26.5. The number of hydrogen-bond donors (Lipinski definition) is 1. The molecular formula is C24H24FN5O2. The van der Waals surface area contributed by atoms with E-state index in [1.165, 1.54) is 6.07 Å². The van der Waals surface area contributed by atoms with Crippen LogP contribution >= 0.6 is 0 Å². The van der Waals surface area contributed by atoms with Gasteiger partial charge in [0, 0.05) is 30.7 Å². The number of para-hydroxylation sites is 2. The van der Waals surface area contributed by atoms with Crippen LogP contribution in [0.25, 0.3) is 27.8 Å². The number of aromatic nitrogens is 3. The maximum absolute atomic E-state index is 14.4. The van der Waals surface area contributed by atoms with Crippen LogP contribution in [0.2, 0.25) is 0 Å². The van der Waals surface area contributed by atoms with Gasteiger partial charge in [-0.25, -0.2) is 9.18 Å². The van der Waals surface area contributed by atoms with Crippen molar-refractivity contribution in [2.75, 3.05) is 6.54 Å². The highest BCUT2D eigenvalue weighted by Gasteiger charge is 2.29. The summed E-state index contributed by atoms with van der Waals surface area (Å²) in [7, 11) is 0. The minimum atomic E-state index is -0.496. The summed E-state index contributed by atoms with van der Waals surface area (Å²) in [6.07, 6.45) is 3.50. The van der Waals surface area contributed by atoms with E-state index < -0.39 is 5.82 Å². The zero-order valence-electron chi connectivity index (χ0n) is 17.7. The van der Waals surface area contributed by atoms with Gasteiger partial charge in [0.15, 0.2) is 0 Å². The fourth-order valence-corrected chi connectivity index (χ4v) is 4.86. The van der Waals surface area contributed by atoms with E-state index >= 15 is 0 Å². The number of hydrogen-bond acceptors (Lipinski definition) is 3. The number of primary amides is 1. The van der Waals surface area contributed by atoms with E-state index in [1.807, 2.05) is 37.4 Å². The van der Waals surface area contributed by atoms with Crippen LogP contribution in [0.15, 0.2) is 59.5 Å². The summed E-state index contributed by atoms with van der Waals surface area (Å²) in [6, 6.07) is 13.6. The maximum Gasteiger partial charge on any atom is 0.315 e. The van der Waals surface area contributed by atoms with Crippen LogP contribution in [0, 0.1) is 11.7 Å². The maximum atomic E-state index is 14.4. The number of halogens is 1. The van der Waals surface area contributed by atoms with E-state index in [1.54, 1.807) is 23.1 Å². The topological polar surface area (TPSA) is 86.2 Å². The van der Waals surface area contributed by atoms with Gasteiger partial charge in [-0.1, -0.05) is 30.3 Å². The highest BCUT2D eigenvalue weighted by molar-refractivity contribution is 5.93. The molecule has 2 atom stereocenters. The van der Waals surface area contributed by atoms with Crippen LogP contribution in [0.1, 0.15) is 19.8 Å². The van der Waals surface area contributed by atoms with Crippen molar-refractivity contribution < 1.29 is 9.18 Å². The molecule has 2 amide bonds. The fourth-order valence-electron chi connectivity index (χ4n) is 4.86. The summed E-state index contributed by atoms with van der Waals surface area (Å²) in [5, 5.41) is 5.34. The lowest BCUT2D eigenvalue weighted by molar-refractivity contribution is 0.136. The molecule has 2 unspecified atom stereocenters. The molecule has 164 valence electrons. The molecule has 0 aliphatic carbocycles. The van der Waals surface area contributed by atoms with Crippen molar-refractivity contribution in [3.05, 3.63) is 70.9 Å². The summed E-state index contributed by atoms with van der Waals surface area (Å²) < 4.78 is 17.6. The highest BCUT2D eigenvalue weighted by atomic mass is 19.1. The van der Waals surface area contributed by atoms with Crippen molar-refractivity contribution >= 4 is 16.9 Å². The van der Waals surface area contributed by atoms with Crippen molar-refractivity contribution in [1.82, 2.24) is 19.2 Å². The Morgan fingerprint density at radius 2 is 1.94 bits per heavy atom. The van der Waals surface area contributed by atoms with Crippen LogP contribution in [0.3, 0.4) is 0 Å². The average molecular weight is 433 g/mol. The molecule has 0 bridgehead atoms. The quantitative estimate of drug-likeness (QED) is 0.536. The average Bonchev–Trinajstić information content (AvgIpc) is 3.10. The second kappa shape index (κ2) is 7.78. The van der Waals surface area contributed by atoms with Crippen molar-refractivity contribution in [1.29, 1.82) is 0 Å². The van der Waals surface area contributed by atoms with Gasteiger partial charge in [0.1, 0.15) is 17.2 Å². The number of fused-ring (bicyclic) bond motifs is 3. The molecule has 5 rings (SSSR count). The zero-order valence-corrected chi connectivity index (χ0v) is 17.7. The third-order valence-electron chi connectivity index (χ3n) is 6.43. The van der Waals surface area contributed by atoms with Crippen molar-refractivity contribution in [2.45, 2.75) is 32.4 Å². The van der Waals surface area contributed by atoms with Crippen molar-refractivity contribution in [2.24, 2.45) is 11.7 Å². The normalized spacial score (nSPS) is 19.0. The number of amides is 2. The minimum Gasteiger partial charge on any atom is -0.351 e. The second-order valence-electron chi connectivity index (χ2n) is 8.50. The molecule has 2 N–H and O–H groups in total. The van der Waals surface area contributed by atoms with E-state index in [4.69, 9.17) is 5.73 Å². The first-order valence-corrected chi connectivity index (χ1v) is 10.8. The molecule has 7 nitrogen and oxygen atoms in total. The van der Waals surface area contributed by atoms with E-state index in [0.29, 0.717) is 30.3 Å². The van der Waals surface area contributed by atoms with Gasteiger partial charge in [0.25, 0.3) is 5.56 Å². The van der Waals surface area contributed by atoms with Gasteiger partial charge in [0.05, 0.1) is 11.1 Å². The Bertz CT molecular complexity index is 1340. The molecule has 0 aromatic heterocycles. The smallest absolute Gasteiger partial charge is 0.315 e. The fraction of sp³-hybridized carbons (Fsp3) is 0.292. The van der Waals surface area contributed by atoms with Gasteiger partial charge in [-0.2, -0.15) is 9.78 Å². The molecule has 1 saturated heterocycles. The third kappa shape index (κ3) is 3.32. The van der Waals surface area contributed by atoms with E-state index in [-0.39, 0.29) is 23.3 Å². The Morgan fingerprint density at radius 3 is 2.69 bits per heavy atom. The zero-order chi connectivity index (χ0) is 22.4. The number of benzene rings is 2. The molecule has 0 spiro atoms. The van der Waals surface area contributed by atoms with Gasteiger partial charge in [-0.3, -0.25) is 4.79 Å². The van der Waals surface area contributed by atoms with Crippen LogP contribution in [0.5, 0.6) is 0 Å². The molecule has 3 heterocycles. The molecule has 1 fully saturated rings. The van der Waals surface area contributed by atoms with E-state index in [0.717, 1.165) is 28.4 Å². The van der Waals surface area contributed by atoms with Gasteiger partial charge in [-0.15, -0.1) is 0 Å². The molecule has 0 radical (unpaired) electrons. The monoisotopic (exact) mass is 433 g/mol. The summed E-state index contributed by atoms with van der Waals surface area (Å²) in [5.41, 5.74) is 7.24. The largest absolute Gasteiger partial charge is 0.351 e. The van der Waals surface area contributed by atoms with Crippen LogP contribution in [-0.2, 0) is 6.54 Å². The Morgan fingerprint density at radius 1 is 1.19 bits per heavy atom. The summed E-state index contributed by atoms with van der Waals surface area (Å²) in [6.45, 7) is 3.34. The predicted octanol–water partition coefficient (Wildman–Crippen LogP) is 3.61. The standard InChI is InChI=1S/C24H24FN5O2/c1-15-12-16(10-11-29(15)24(26)32)13-28-14-18-22(17-6-2-4-8-20(17)28)27-30(23(18)31)21-9-5-3-7-19(21)25/h2-9,14-16H,10-13H2,1H3,(H2,26,32). The molecule has 8 heteroatoms. The number of likely N-dealkylation sites (tertiary alicyclic amines) is 1. The predicted molar refractivity (Wildman–Crippen MR) is 120 cm³/mol. The first-order chi connectivity index (χ1) is 15.4. The van der Waals surface area contributed by atoms with Crippen LogP contribution in [0.4, 0.5) is 9.18 Å². The van der Waals surface area contributed by atoms with Crippen molar-refractivity contribution in [3.8, 4) is 16.9 Å². The Balaban J connectivity index is 1.59. The molecule has 0 saturated carbocycles. The van der Waals surface area contributed by atoms with Gasteiger partial charge >= 0.3 is 6.03 Å². The number of piperidine rings is 1. The molecule has 2 aromatic rings. The number of urea groups is 1. The molecule has 2 aromatic carbocycles.